The van der Waals surface area contributed by atoms with Crippen LogP contribution in [0.1, 0.15) is 16.7 Å². The summed E-state index contributed by atoms with van der Waals surface area (Å²) in [6.45, 7) is 1.85. The maximum absolute atomic E-state index is 11.7. The number of nitrogens with zero attached hydrogens (tertiary/aromatic N) is 4. The normalized spacial score (nSPS) is 13.0. The van der Waals surface area contributed by atoms with E-state index in [4.69, 9.17) is 0 Å². The molecule has 0 radical (unpaired) electrons. The molecule has 3 aromatic rings. The number of nitro benzene ring substituents is 3. The molecule has 0 unspecified atom stereocenters. The van der Waals surface area contributed by atoms with Crippen LogP contribution in [-0.2, 0) is 0 Å². The van der Waals surface area contributed by atoms with E-state index in [2.05, 4.69) is 4.99 Å². The second kappa shape index (κ2) is 6.85. The van der Waals surface area contributed by atoms with Crippen LogP contribution in [0, 0.1) is 37.3 Å². The highest BCUT2D eigenvalue weighted by molar-refractivity contribution is 6.26. The lowest BCUT2D eigenvalue weighted by Crippen LogP contribution is -2.01. The van der Waals surface area contributed by atoms with Gasteiger partial charge in [0.15, 0.2) is 0 Å². The van der Waals surface area contributed by atoms with Gasteiger partial charge < -0.3 is 0 Å². The summed E-state index contributed by atoms with van der Waals surface area (Å²) in [5, 5.41) is 33.9. The maximum atomic E-state index is 11.7. The lowest BCUT2D eigenvalue weighted by Gasteiger charge is -2.04. The largest absolute Gasteiger partial charge is 0.284 e. The van der Waals surface area contributed by atoms with E-state index in [1.54, 1.807) is 18.2 Å². The van der Waals surface area contributed by atoms with E-state index in [1.165, 1.54) is 30.3 Å². The van der Waals surface area contributed by atoms with Gasteiger partial charge in [0.05, 0.1) is 37.8 Å². The Bertz CT molecular complexity index is 1280. The van der Waals surface area contributed by atoms with Gasteiger partial charge >= 0.3 is 0 Å². The van der Waals surface area contributed by atoms with Crippen molar-refractivity contribution in [1.82, 2.24) is 0 Å². The fraction of sp³-hybridized carbons (Fsp3) is 0.0500. The van der Waals surface area contributed by atoms with Crippen molar-refractivity contribution in [1.29, 1.82) is 0 Å². The SMILES string of the molecule is Cc1ccc2c(c1)C(=Nc1ccc([N+](=O)[O-])cc1)c1cc([N+](=O)[O-])cc([N+](=O)[O-])c1-2. The number of hydrogen-bond donors (Lipinski definition) is 0. The van der Waals surface area contributed by atoms with Crippen LogP contribution in [-0.4, -0.2) is 20.5 Å². The van der Waals surface area contributed by atoms with Crippen LogP contribution in [0.2, 0.25) is 0 Å². The van der Waals surface area contributed by atoms with E-state index in [0.29, 0.717) is 22.5 Å². The van der Waals surface area contributed by atoms with Crippen molar-refractivity contribution in [2.45, 2.75) is 6.92 Å². The quantitative estimate of drug-likeness (QED) is 0.351. The Hall–Kier alpha value is -4.47. The van der Waals surface area contributed by atoms with Gasteiger partial charge in [-0.3, -0.25) is 30.3 Å². The Morgan fingerprint density at radius 1 is 0.700 bits per heavy atom. The van der Waals surface area contributed by atoms with Gasteiger partial charge in [-0.25, -0.2) is 4.99 Å². The summed E-state index contributed by atoms with van der Waals surface area (Å²) in [4.78, 5) is 36.5. The van der Waals surface area contributed by atoms with E-state index in [9.17, 15) is 30.3 Å². The lowest BCUT2D eigenvalue weighted by atomic mass is 10.0. The average Bonchev–Trinajstić information content (AvgIpc) is 3.00. The van der Waals surface area contributed by atoms with E-state index in [1.807, 2.05) is 6.92 Å². The summed E-state index contributed by atoms with van der Waals surface area (Å²) in [6, 6.07) is 13.0. The third-order valence-corrected chi connectivity index (χ3v) is 4.77. The Morgan fingerprint density at radius 2 is 1.37 bits per heavy atom. The molecule has 0 spiro atoms. The van der Waals surface area contributed by atoms with Crippen molar-refractivity contribution in [2.75, 3.05) is 0 Å². The van der Waals surface area contributed by atoms with Crippen molar-refractivity contribution in [2.24, 2.45) is 4.99 Å². The average molecular weight is 404 g/mol. The minimum atomic E-state index is -0.689. The number of hydrogen-bond acceptors (Lipinski definition) is 7. The zero-order valence-corrected chi connectivity index (χ0v) is 15.4. The summed E-state index contributed by atoms with van der Waals surface area (Å²) in [7, 11) is 0. The molecule has 1 aliphatic rings. The van der Waals surface area contributed by atoms with E-state index < -0.39 is 20.5 Å². The smallest absolute Gasteiger partial charge is 0.258 e. The monoisotopic (exact) mass is 404 g/mol. The van der Waals surface area contributed by atoms with E-state index >= 15 is 0 Å². The zero-order valence-electron chi connectivity index (χ0n) is 15.4. The summed E-state index contributed by atoms with van der Waals surface area (Å²) >= 11 is 0. The van der Waals surface area contributed by atoms with Gasteiger partial charge in [0, 0.05) is 29.3 Å². The van der Waals surface area contributed by atoms with Crippen molar-refractivity contribution in [3.63, 3.8) is 0 Å². The molecule has 10 nitrogen and oxygen atoms in total. The second-order valence-corrected chi connectivity index (χ2v) is 6.68. The van der Waals surface area contributed by atoms with Gasteiger partial charge in [0.25, 0.3) is 17.1 Å². The molecular weight excluding hydrogens is 392 g/mol. The van der Waals surface area contributed by atoms with Crippen LogP contribution in [0.15, 0.2) is 59.6 Å². The first-order valence-corrected chi connectivity index (χ1v) is 8.68. The summed E-state index contributed by atoms with van der Waals surface area (Å²) in [5.41, 5.74) is 2.40. The third-order valence-electron chi connectivity index (χ3n) is 4.77. The zero-order chi connectivity index (χ0) is 21.6. The number of non-ortho nitro benzene ring substituents is 2. The molecule has 0 amide bonds. The number of aryl methyl sites for hydroxylation is 1. The van der Waals surface area contributed by atoms with E-state index in [-0.39, 0.29) is 22.5 Å². The van der Waals surface area contributed by atoms with Gasteiger partial charge in [0.1, 0.15) is 0 Å². The standard InChI is InChI=1S/C20H12N4O6/c1-11-2-7-15-16(8-11)20(21-12-3-5-13(6-4-12)22(25)26)17-9-14(23(27)28)10-18(19(15)17)24(29)30/h2-10H,1H3. The topological polar surface area (TPSA) is 142 Å². The van der Waals surface area contributed by atoms with E-state index in [0.717, 1.165) is 11.6 Å². The number of benzene rings is 3. The summed E-state index contributed by atoms with van der Waals surface area (Å²) in [6.07, 6.45) is 0. The first-order valence-electron chi connectivity index (χ1n) is 8.68. The van der Waals surface area contributed by atoms with Crippen LogP contribution >= 0.6 is 0 Å². The van der Waals surface area contributed by atoms with Gasteiger partial charge in [0.2, 0.25) is 0 Å². The van der Waals surface area contributed by atoms with Crippen LogP contribution in [0.4, 0.5) is 22.7 Å². The van der Waals surface area contributed by atoms with Crippen molar-refractivity contribution < 1.29 is 14.8 Å². The highest BCUT2D eigenvalue weighted by Gasteiger charge is 2.34. The molecule has 4 rings (SSSR count). The molecule has 0 saturated carbocycles. The molecule has 10 heteroatoms. The minimum absolute atomic E-state index is 0.103. The Balaban J connectivity index is 2.01. The molecule has 30 heavy (non-hydrogen) atoms. The molecule has 0 atom stereocenters. The van der Waals surface area contributed by atoms with Gasteiger partial charge in [-0.05, 0) is 30.7 Å². The molecule has 0 heterocycles. The number of rotatable bonds is 4. The molecule has 0 fully saturated rings. The molecule has 1 aliphatic carbocycles. The highest BCUT2D eigenvalue weighted by atomic mass is 16.6. The van der Waals surface area contributed by atoms with Crippen LogP contribution in [0.5, 0.6) is 0 Å². The van der Waals surface area contributed by atoms with Crippen molar-refractivity contribution in [3.8, 4) is 11.1 Å². The Labute approximate surface area is 168 Å². The molecular formula is C20H12N4O6. The predicted molar refractivity (Wildman–Crippen MR) is 108 cm³/mol. The third kappa shape index (κ3) is 3.05. The number of fused-ring (bicyclic) bond motifs is 3. The fourth-order valence-electron chi connectivity index (χ4n) is 3.45. The van der Waals surface area contributed by atoms with Gasteiger partial charge in [-0.2, -0.15) is 0 Å². The first-order chi connectivity index (χ1) is 14.3. The summed E-state index contributed by atoms with van der Waals surface area (Å²) < 4.78 is 0. The highest BCUT2D eigenvalue weighted by Crippen LogP contribution is 2.45. The molecule has 3 aromatic carbocycles. The summed E-state index contributed by atoms with van der Waals surface area (Å²) in [5.74, 6) is 0. The van der Waals surface area contributed by atoms with Crippen molar-refractivity contribution >= 4 is 28.5 Å². The lowest BCUT2D eigenvalue weighted by molar-refractivity contribution is -0.393. The minimum Gasteiger partial charge on any atom is -0.258 e. The van der Waals surface area contributed by atoms with Gasteiger partial charge in [-0.1, -0.05) is 17.7 Å². The maximum Gasteiger partial charge on any atom is 0.284 e. The first kappa shape index (κ1) is 18.9. The second-order valence-electron chi connectivity index (χ2n) is 6.68. The predicted octanol–water partition coefficient (Wildman–Crippen LogP) is 4.87. The number of aliphatic imine (C=N–C) groups is 1. The Kier molecular flexibility index (Phi) is 4.31. The molecule has 0 aromatic heterocycles. The molecule has 0 aliphatic heterocycles. The fourth-order valence-corrected chi connectivity index (χ4v) is 3.45. The molecule has 0 saturated heterocycles. The van der Waals surface area contributed by atoms with Crippen LogP contribution in [0.3, 0.4) is 0 Å². The Morgan fingerprint density at radius 3 is 1.97 bits per heavy atom. The van der Waals surface area contributed by atoms with Crippen LogP contribution in [0.25, 0.3) is 11.1 Å². The number of nitro groups is 3. The molecule has 148 valence electrons. The van der Waals surface area contributed by atoms with Crippen LogP contribution < -0.4 is 0 Å². The molecule has 0 N–H and O–H groups in total. The van der Waals surface area contributed by atoms with Gasteiger partial charge in [-0.15, -0.1) is 0 Å². The molecule has 0 bridgehead atoms. The van der Waals surface area contributed by atoms with Crippen molar-refractivity contribution in [3.05, 3.63) is 102 Å².